The third kappa shape index (κ3) is 1.14. The molecule has 0 spiro atoms. The lowest BCUT2D eigenvalue weighted by atomic mass is 10.1. The van der Waals surface area contributed by atoms with Gasteiger partial charge in [-0.05, 0) is 6.92 Å². The third-order valence-electron chi connectivity index (χ3n) is 1.69. The van der Waals surface area contributed by atoms with Gasteiger partial charge in [-0.3, -0.25) is 9.79 Å². The van der Waals surface area contributed by atoms with Crippen LogP contribution in [-0.2, 0) is 6.42 Å². The molecule has 0 radical (unpaired) electrons. The number of hydrogen-bond acceptors (Lipinski definition) is 3. The zero-order valence-corrected chi connectivity index (χ0v) is 6.94. The maximum absolute atomic E-state index is 10.9. The molecule has 3 nitrogen and oxygen atoms in total. The lowest BCUT2D eigenvalue weighted by Crippen LogP contribution is -2.09. The largest absolute Gasteiger partial charge is 0.311 e. The predicted octanol–water partition coefficient (Wildman–Crippen LogP) is 0.800. The molecule has 0 aromatic carbocycles. The Morgan fingerprint density at radius 1 is 1.82 bits per heavy atom. The SMILES string of the molecule is CC1Cc2sc(=O)[nH]c2C=N1. The van der Waals surface area contributed by atoms with Gasteiger partial charge >= 0.3 is 4.87 Å². The van der Waals surface area contributed by atoms with Gasteiger partial charge in [0.15, 0.2) is 0 Å². The predicted molar refractivity (Wildman–Crippen MR) is 45.7 cm³/mol. The Balaban J connectivity index is 2.52. The van der Waals surface area contributed by atoms with E-state index < -0.39 is 0 Å². The molecule has 0 saturated carbocycles. The molecule has 1 aromatic heterocycles. The second-order valence-electron chi connectivity index (χ2n) is 2.68. The Labute approximate surface area is 67.8 Å². The van der Waals surface area contributed by atoms with Crippen LogP contribution >= 0.6 is 11.3 Å². The van der Waals surface area contributed by atoms with Gasteiger partial charge in [-0.1, -0.05) is 11.3 Å². The van der Waals surface area contributed by atoms with Crippen molar-refractivity contribution >= 4 is 17.6 Å². The fourth-order valence-corrected chi connectivity index (χ4v) is 2.07. The quantitative estimate of drug-likeness (QED) is 0.612. The summed E-state index contributed by atoms with van der Waals surface area (Å²) in [5.41, 5.74) is 0.901. The molecule has 4 heteroatoms. The van der Waals surface area contributed by atoms with Crippen LogP contribution < -0.4 is 4.87 Å². The van der Waals surface area contributed by atoms with Gasteiger partial charge in [-0.25, -0.2) is 0 Å². The summed E-state index contributed by atoms with van der Waals surface area (Å²) < 4.78 is 0. The number of fused-ring (bicyclic) bond motifs is 1. The van der Waals surface area contributed by atoms with E-state index >= 15 is 0 Å². The minimum Gasteiger partial charge on any atom is -0.311 e. The summed E-state index contributed by atoms with van der Waals surface area (Å²) in [5, 5.41) is 0. The number of nitrogens with one attached hydrogen (secondary N) is 1. The molecule has 1 unspecified atom stereocenters. The van der Waals surface area contributed by atoms with Gasteiger partial charge < -0.3 is 4.98 Å². The summed E-state index contributed by atoms with van der Waals surface area (Å²) in [7, 11) is 0. The Morgan fingerprint density at radius 3 is 3.45 bits per heavy atom. The summed E-state index contributed by atoms with van der Waals surface area (Å²) in [6, 6.07) is 0.328. The third-order valence-corrected chi connectivity index (χ3v) is 2.61. The molecule has 1 N–H and O–H groups in total. The van der Waals surface area contributed by atoms with Gasteiger partial charge in [0.25, 0.3) is 0 Å². The summed E-state index contributed by atoms with van der Waals surface area (Å²) in [6.07, 6.45) is 2.65. The fraction of sp³-hybridized carbons (Fsp3) is 0.429. The van der Waals surface area contributed by atoms with Gasteiger partial charge in [0.2, 0.25) is 0 Å². The number of nitrogens with zero attached hydrogens (tertiary/aromatic N) is 1. The highest BCUT2D eigenvalue weighted by molar-refractivity contribution is 7.09. The molecule has 11 heavy (non-hydrogen) atoms. The first kappa shape index (κ1) is 6.79. The van der Waals surface area contributed by atoms with Crippen molar-refractivity contribution in [2.75, 3.05) is 0 Å². The molecule has 1 aliphatic heterocycles. The maximum atomic E-state index is 10.9. The summed E-state index contributed by atoms with van der Waals surface area (Å²) in [4.78, 5) is 19.0. The van der Waals surface area contributed by atoms with E-state index in [9.17, 15) is 4.79 Å². The van der Waals surface area contributed by atoms with Crippen LogP contribution in [0.4, 0.5) is 0 Å². The van der Waals surface area contributed by atoms with Crippen LogP contribution in [0, 0.1) is 0 Å². The number of thiazole rings is 1. The van der Waals surface area contributed by atoms with Crippen molar-refractivity contribution in [1.82, 2.24) is 4.98 Å². The van der Waals surface area contributed by atoms with Crippen LogP contribution in [0.2, 0.25) is 0 Å². The molecule has 0 fully saturated rings. The molecule has 2 rings (SSSR count). The molecule has 2 heterocycles. The van der Waals surface area contributed by atoms with Crippen LogP contribution in [0.5, 0.6) is 0 Å². The van der Waals surface area contributed by atoms with E-state index in [2.05, 4.69) is 9.98 Å². The Morgan fingerprint density at radius 2 is 2.64 bits per heavy atom. The molecular formula is C7H8N2OS. The lowest BCUT2D eigenvalue weighted by Gasteiger charge is -2.08. The van der Waals surface area contributed by atoms with Crippen LogP contribution in [0.25, 0.3) is 0 Å². The minimum absolute atomic E-state index is 0.0237. The smallest absolute Gasteiger partial charge is 0.305 e. The van der Waals surface area contributed by atoms with Crippen molar-refractivity contribution in [2.45, 2.75) is 19.4 Å². The van der Waals surface area contributed by atoms with Crippen LogP contribution in [0.3, 0.4) is 0 Å². The standard InChI is InChI=1S/C7H8N2OS/c1-4-2-6-5(3-8-4)9-7(10)11-6/h3-4H,2H2,1H3,(H,9,10). The average molecular weight is 168 g/mol. The lowest BCUT2D eigenvalue weighted by molar-refractivity contribution is 0.739. The molecule has 0 saturated heterocycles. The van der Waals surface area contributed by atoms with E-state index in [0.29, 0.717) is 6.04 Å². The number of aromatic nitrogens is 1. The molecule has 1 aliphatic rings. The van der Waals surface area contributed by atoms with Crippen molar-refractivity contribution in [3.8, 4) is 0 Å². The molecular weight excluding hydrogens is 160 g/mol. The number of H-pyrrole nitrogens is 1. The van der Waals surface area contributed by atoms with E-state index in [4.69, 9.17) is 0 Å². The van der Waals surface area contributed by atoms with Gasteiger partial charge in [-0.15, -0.1) is 0 Å². The Kier molecular flexibility index (Phi) is 1.42. The van der Waals surface area contributed by atoms with E-state index in [1.54, 1.807) is 6.21 Å². The Hall–Kier alpha value is -0.900. The first-order valence-electron chi connectivity index (χ1n) is 3.51. The zero-order valence-electron chi connectivity index (χ0n) is 6.13. The van der Waals surface area contributed by atoms with Gasteiger partial charge in [0.05, 0.1) is 11.7 Å². The highest BCUT2D eigenvalue weighted by Crippen LogP contribution is 2.15. The van der Waals surface area contributed by atoms with Crippen molar-refractivity contribution in [1.29, 1.82) is 0 Å². The second-order valence-corrected chi connectivity index (χ2v) is 3.75. The Bertz CT molecular complexity index is 350. The topological polar surface area (TPSA) is 45.2 Å². The number of aromatic amines is 1. The van der Waals surface area contributed by atoms with Gasteiger partial charge in [-0.2, -0.15) is 0 Å². The summed E-state index contributed by atoms with van der Waals surface area (Å²) in [5.74, 6) is 0. The molecule has 1 aromatic rings. The monoisotopic (exact) mass is 168 g/mol. The van der Waals surface area contributed by atoms with Gasteiger partial charge in [0.1, 0.15) is 0 Å². The molecule has 1 atom stereocenters. The van der Waals surface area contributed by atoms with Crippen LogP contribution in [0.15, 0.2) is 9.79 Å². The van der Waals surface area contributed by atoms with E-state index in [-0.39, 0.29) is 4.87 Å². The fourth-order valence-electron chi connectivity index (χ4n) is 1.15. The molecule has 0 bridgehead atoms. The number of aliphatic imine (C=N–C) groups is 1. The van der Waals surface area contributed by atoms with E-state index in [0.717, 1.165) is 17.0 Å². The molecule has 0 amide bonds. The van der Waals surface area contributed by atoms with Crippen molar-refractivity contribution in [2.24, 2.45) is 4.99 Å². The van der Waals surface area contributed by atoms with E-state index in [1.165, 1.54) is 11.3 Å². The van der Waals surface area contributed by atoms with E-state index in [1.807, 2.05) is 6.92 Å². The highest BCUT2D eigenvalue weighted by Gasteiger charge is 2.13. The first-order chi connectivity index (χ1) is 5.25. The average Bonchev–Trinajstić information content (AvgIpc) is 2.27. The molecule has 58 valence electrons. The summed E-state index contributed by atoms with van der Waals surface area (Å²) >= 11 is 1.29. The highest BCUT2D eigenvalue weighted by atomic mass is 32.1. The maximum Gasteiger partial charge on any atom is 0.305 e. The van der Waals surface area contributed by atoms with Crippen molar-refractivity contribution in [3.63, 3.8) is 0 Å². The second kappa shape index (κ2) is 2.30. The number of rotatable bonds is 0. The normalized spacial score (nSPS) is 21.7. The zero-order chi connectivity index (χ0) is 7.84. The summed E-state index contributed by atoms with van der Waals surface area (Å²) in [6.45, 7) is 2.05. The van der Waals surface area contributed by atoms with Crippen LogP contribution in [-0.4, -0.2) is 17.2 Å². The minimum atomic E-state index is 0.0237. The van der Waals surface area contributed by atoms with Crippen molar-refractivity contribution < 1.29 is 0 Å². The molecule has 0 aliphatic carbocycles. The van der Waals surface area contributed by atoms with Crippen LogP contribution in [0.1, 0.15) is 17.5 Å². The van der Waals surface area contributed by atoms with Gasteiger partial charge in [0, 0.05) is 17.5 Å². The number of hydrogen-bond donors (Lipinski definition) is 1. The van der Waals surface area contributed by atoms with Crippen molar-refractivity contribution in [3.05, 3.63) is 20.2 Å². The first-order valence-corrected chi connectivity index (χ1v) is 4.32.